The number of hydrogen-bond acceptors (Lipinski definition) is 21. The third-order valence-corrected chi connectivity index (χ3v) is 0.632. The van der Waals surface area contributed by atoms with Gasteiger partial charge in [-0.2, -0.15) is 0 Å². The first-order valence-corrected chi connectivity index (χ1v) is 1.92. The summed E-state index contributed by atoms with van der Waals surface area (Å²) in [6.45, 7) is 3.26. The highest BCUT2D eigenvalue weighted by molar-refractivity contribution is 4.25. The first-order valence-electron chi connectivity index (χ1n) is 1.92. The summed E-state index contributed by atoms with van der Waals surface area (Å²) in [4.78, 5) is 2.12. The Morgan fingerprint density at radius 2 is 0.360 bits per heavy atom. The van der Waals surface area contributed by atoms with Crippen LogP contribution < -0.4 is 123 Å². The summed E-state index contributed by atoms with van der Waals surface area (Å²) in [5.74, 6) is 0. The van der Waals surface area contributed by atoms with E-state index in [1.165, 1.54) is 0 Å². The van der Waals surface area contributed by atoms with Crippen molar-refractivity contribution in [1.29, 1.82) is 0 Å². The zero-order valence-corrected chi connectivity index (χ0v) is 18.3. The Morgan fingerprint density at radius 1 is 0.320 bits per heavy atom. The van der Waals surface area contributed by atoms with Gasteiger partial charge in [0.25, 0.3) is 0 Å². The molecule has 21 heteroatoms. The van der Waals surface area contributed by atoms with Crippen LogP contribution in [0.5, 0.6) is 0 Å². The molecule has 21 nitrogen and oxygen atoms in total. The van der Waals surface area contributed by atoms with E-state index in [9.17, 15) is 0 Å². The minimum atomic E-state index is 0. The molecule has 0 atom stereocenters. The van der Waals surface area contributed by atoms with Gasteiger partial charge in [0, 0.05) is 0 Å². The van der Waals surface area contributed by atoms with E-state index in [0.717, 1.165) is 6.54 Å². The van der Waals surface area contributed by atoms with Crippen LogP contribution in [-0.4, -0.2) is 25.5 Å². The lowest BCUT2D eigenvalue weighted by atomic mass is 10.7. The van der Waals surface area contributed by atoms with Crippen LogP contribution in [0.1, 0.15) is 6.92 Å². The molecule has 0 bridgehead atoms. The quantitative estimate of drug-likeness (QED) is 0.290. The topological polar surface area (TPSA) is 703 Å². The number of hydrogen-bond donors (Lipinski definition) is 20. The molecule has 0 heterocycles. The highest BCUT2D eigenvalue weighted by Crippen LogP contribution is 1.63. The van der Waals surface area contributed by atoms with E-state index in [0.29, 0.717) is 0 Å². The van der Waals surface area contributed by atoms with Crippen LogP contribution in [0.2, 0.25) is 0 Å². The Bertz CT molecular complexity index is 29.9. The van der Waals surface area contributed by atoms with Crippen molar-refractivity contribution in [3.63, 3.8) is 0 Å². The summed E-state index contributed by atoms with van der Waals surface area (Å²) in [5, 5.41) is 0. The monoisotopic (exact) mass is 414 g/mol. The molecule has 0 aromatic rings. The molecule has 0 spiro atoms. The van der Waals surface area contributed by atoms with Crippen LogP contribution in [0.4, 0.5) is 0 Å². The summed E-state index contributed by atoms with van der Waals surface area (Å²) in [7, 11) is 4.11. The lowest BCUT2D eigenvalue weighted by Gasteiger charge is -2.00. The molecule has 0 unspecified atom stereocenters. The number of rotatable bonds is 1. The van der Waals surface area contributed by atoms with E-state index in [-0.39, 0.29) is 123 Å². The normalized spacial score (nSPS) is 1.92. The fourth-order valence-electron chi connectivity index (χ4n) is 0. The lowest BCUT2D eigenvalue weighted by molar-refractivity contribution is 0.434. The van der Waals surface area contributed by atoms with Crippen LogP contribution in [0.15, 0.2) is 0 Å². The summed E-state index contributed by atoms with van der Waals surface area (Å²) in [6, 6.07) is 0. The molecule has 0 fully saturated rings. The van der Waals surface area contributed by atoms with Gasteiger partial charge in [-0.1, -0.05) is 6.92 Å². The van der Waals surface area contributed by atoms with Crippen molar-refractivity contribution in [2.24, 2.45) is 0 Å². The third-order valence-electron chi connectivity index (χ3n) is 0.632. The first kappa shape index (κ1) is 1300. The molecule has 0 saturated heterocycles. The Balaban J connectivity index is -0.000000000421. The van der Waals surface area contributed by atoms with Crippen LogP contribution in [0, 0.1) is 0 Å². The van der Waals surface area contributed by atoms with Crippen LogP contribution >= 0.6 is 0 Å². The average molecular weight is 414 g/mol. The van der Waals surface area contributed by atoms with Gasteiger partial charge >= 0.3 is 0 Å². The molecule has 0 rings (SSSR count). The molecule has 0 radical (unpaired) electrons. The minimum absolute atomic E-state index is 0. The van der Waals surface area contributed by atoms with Gasteiger partial charge in [-0.25, -0.2) is 0 Å². The molecule has 0 saturated carbocycles. The predicted molar refractivity (Wildman–Crippen MR) is 125 cm³/mol. The standard InChI is InChI=1S/C4H11N.20H3N/c1-4-5(2)3;;;;;;;;;;;;;;;;;;;;/h4H2,1-3H3;20*1H3. The fraction of sp³-hybridized carbons (Fsp3) is 1.00. The molecule has 0 aromatic heterocycles. The van der Waals surface area contributed by atoms with Gasteiger partial charge in [0.15, 0.2) is 0 Å². The molecule has 25 heavy (non-hydrogen) atoms. The van der Waals surface area contributed by atoms with Crippen molar-refractivity contribution in [2.45, 2.75) is 6.92 Å². The summed E-state index contributed by atoms with van der Waals surface area (Å²) in [5.41, 5.74) is 0. The van der Waals surface area contributed by atoms with Crippen molar-refractivity contribution in [1.82, 2.24) is 128 Å². The van der Waals surface area contributed by atoms with Crippen LogP contribution in [0.25, 0.3) is 0 Å². The predicted octanol–water partition coefficient (Wildman–Crippen LogP) is 3.81. The second-order valence-electron chi connectivity index (χ2n) is 1.40. The molecule has 0 aromatic carbocycles. The first-order chi connectivity index (χ1) is 2.27. The Hall–Kier alpha value is -0.840. The maximum Gasteiger partial charge on any atom is -0.00533 e. The summed E-state index contributed by atoms with van der Waals surface area (Å²) >= 11 is 0. The van der Waals surface area contributed by atoms with E-state index in [1.807, 2.05) is 0 Å². The average Bonchev–Trinajstić information content (AvgIpc) is 1.38. The Morgan fingerprint density at radius 3 is 0.360 bits per heavy atom. The summed E-state index contributed by atoms with van der Waals surface area (Å²) < 4.78 is 0. The van der Waals surface area contributed by atoms with Crippen molar-refractivity contribution in [3.8, 4) is 0 Å². The van der Waals surface area contributed by atoms with Crippen LogP contribution in [-0.2, 0) is 0 Å². The van der Waals surface area contributed by atoms with Crippen molar-refractivity contribution in [3.05, 3.63) is 0 Å². The molecule has 0 aliphatic heterocycles. The highest BCUT2D eigenvalue weighted by atomic mass is 15.0. The second-order valence-corrected chi connectivity index (χ2v) is 1.40. The van der Waals surface area contributed by atoms with Gasteiger partial charge < -0.3 is 128 Å². The maximum absolute atomic E-state index is 2.12. The number of nitrogens with zero attached hydrogens (tertiary/aromatic N) is 1. The van der Waals surface area contributed by atoms with Crippen molar-refractivity contribution < 1.29 is 0 Å². The Kier molecular flexibility index (Phi) is 59100. The van der Waals surface area contributed by atoms with Crippen molar-refractivity contribution >= 4 is 0 Å². The SMILES string of the molecule is CCN(C)C.N.N.N.N.N.N.N.N.N.N.N.N.N.N.N.N.N.N.N.N. The molecular formula is C4H71N21. The van der Waals surface area contributed by atoms with Crippen molar-refractivity contribution in [2.75, 3.05) is 20.6 Å². The smallest absolute Gasteiger partial charge is 0.00533 e. The van der Waals surface area contributed by atoms with E-state index < -0.39 is 0 Å². The largest absolute Gasteiger partial charge is 0.344 e. The van der Waals surface area contributed by atoms with E-state index in [2.05, 4.69) is 25.9 Å². The molecule has 0 amide bonds. The minimum Gasteiger partial charge on any atom is -0.344 e. The highest BCUT2D eigenvalue weighted by Gasteiger charge is 1.72. The molecule has 192 valence electrons. The molecular weight excluding hydrogens is 342 g/mol. The zero-order chi connectivity index (χ0) is 4.28. The van der Waals surface area contributed by atoms with E-state index >= 15 is 0 Å². The fourth-order valence-corrected chi connectivity index (χ4v) is 0. The lowest BCUT2D eigenvalue weighted by Crippen LogP contribution is -2.08. The Labute approximate surface area is 156 Å². The summed E-state index contributed by atoms with van der Waals surface area (Å²) in [6.07, 6.45) is 0. The van der Waals surface area contributed by atoms with E-state index in [1.54, 1.807) is 0 Å². The van der Waals surface area contributed by atoms with Gasteiger partial charge in [0.1, 0.15) is 0 Å². The molecule has 0 aliphatic rings. The maximum atomic E-state index is 2.12. The van der Waals surface area contributed by atoms with Crippen LogP contribution in [0.3, 0.4) is 0 Å². The van der Waals surface area contributed by atoms with Gasteiger partial charge in [-0.3, -0.25) is 0 Å². The molecule has 60 N–H and O–H groups in total. The second kappa shape index (κ2) is 1140. The zero-order valence-electron chi connectivity index (χ0n) is 18.3. The third kappa shape index (κ3) is 7710. The van der Waals surface area contributed by atoms with Gasteiger partial charge in [-0.15, -0.1) is 0 Å². The molecule has 0 aliphatic carbocycles. The van der Waals surface area contributed by atoms with Gasteiger partial charge in [-0.05, 0) is 20.6 Å². The van der Waals surface area contributed by atoms with Gasteiger partial charge in [0.2, 0.25) is 0 Å². The van der Waals surface area contributed by atoms with E-state index in [4.69, 9.17) is 0 Å². The van der Waals surface area contributed by atoms with Gasteiger partial charge in [0.05, 0.1) is 0 Å².